The van der Waals surface area contributed by atoms with Crippen molar-refractivity contribution in [3.8, 4) is 0 Å². The summed E-state index contributed by atoms with van der Waals surface area (Å²) >= 11 is 9.11. The highest BCUT2D eigenvalue weighted by atomic mass is 79.9. The van der Waals surface area contributed by atoms with Crippen molar-refractivity contribution in [2.75, 3.05) is 0 Å². The standard InChI is InChI=1S/C11H9BrN2OS2/c12-7-1-2-9(10(16)3-7)11(15)13-4-8-5-17-6-14-8/h1-3,5-6,16H,4H2,(H,13,15). The zero-order chi connectivity index (χ0) is 12.3. The first-order valence-electron chi connectivity index (χ1n) is 4.80. The first kappa shape index (κ1) is 12.6. The van der Waals surface area contributed by atoms with Crippen LogP contribution in [0.3, 0.4) is 0 Å². The number of hydrogen-bond acceptors (Lipinski definition) is 4. The quantitative estimate of drug-likeness (QED) is 0.850. The van der Waals surface area contributed by atoms with E-state index in [1.807, 2.05) is 11.4 Å². The topological polar surface area (TPSA) is 42.0 Å². The molecule has 3 nitrogen and oxygen atoms in total. The molecule has 1 amide bonds. The predicted molar refractivity (Wildman–Crippen MR) is 74.7 cm³/mol. The minimum Gasteiger partial charge on any atom is -0.346 e. The molecule has 0 saturated carbocycles. The third-order valence-corrected chi connectivity index (χ3v) is 3.62. The van der Waals surface area contributed by atoms with Gasteiger partial charge in [0.25, 0.3) is 5.91 Å². The van der Waals surface area contributed by atoms with Gasteiger partial charge in [-0.05, 0) is 18.2 Å². The highest BCUT2D eigenvalue weighted by Gasteiger charge is 2.09. The molecule has 6 heteroatoms. The van der Waals surface area contributed by atoms with Crippen LogP contribution in [-0.2, 0) is 6.54 Å². The van der Waals surface area contributed by atoms with Gasteiger partial charge in [-0.2, -0.15) is 0 Å². The Labute approximate surface area is 117 Å². The highest BCUT2D eigenvalue weighted by molar-refractivity contribution is 9.10. The van der Waals surface area contributed by atoms with E-state index in [0.717, 1.165) is 10.2 Å². The maximum Gasteiger partial charge on any atom is 0.252 e. The van der Waals surface area contributed by atoms with Crippen molar-refractivity contribution < 1.29 is 4.79 Å². The highest BCUT2D eigenvalue weighted by Crippen LogP contribution is 2.19. The molecule has 0 spiro atoms. The Kier molecular flexibility index (Phi) is 4.20. The van der Waals surface area contributed by atoms with Gasteiger partial charge in [-0.3, -0.25) is 4.79 Å². The summed E-state index contributed by atoms with van der Waals surface area (Å²) in [5.41, 5.74) is 3.17. The Balaban J connectivity index is 2.04. The fourth-order valence-corrected chi connectivity index (χ4v) is 2.70. The first-order chi connectivity index (χ1) is 8.16. The normalized spacial score (nSPS) is 10.2. The van der Waals surface area contributed by atoms with E-state index < -0.39 is 0 Å². The fourth-order valence-electron chi connectivity index (χ4n) is 1.29. The number of thiazole rings is 1. The van der Waals surface area contributed by atoms with Crippen LogP contribution in [0.1, 0.15) is 16.1 Å². The van der Waals surface area contributed by atoms with E-state index >= 15 is 0 Å². The van der Waals surface area contributed by atoms with Crippen LogP contribution in [0.15, 0.2) is 38.5 Å². The van der Waals surface area contributed by atoms with Crippen molar-refractivity contribution >= 4 is 45.8 Å². The predicted octanol–water partition coefficient (Wildman–Crippen LogP) is 3.12. The molecule has 0 aliphatic heterocycles. The maximum atomic E-state index is 11.9. The van der Waals surface area contributed by atoms with Crippen LogP contribution in [0.4, 0.5) is 0 Å². The lowest BCUT2D eigenvalue weighted by Crippen LogP contribution is -2.23. The van der Waals surface area contributed by atoms with Crippen LogP contribution in [0.25, 0.3) is 0 Å². The van der Waals surface area contributed by atoms with E-state index in [1.165, 1.54) is 11.3 Å². The Morgan fingerprint density at radius 2 is 2.35 bits per heavy atom. The molecule has 0 saturated heterocycles. The average Bonchev–Trinajstić information content (AvgIpc) is 2.78. The van der Waals surface area contributed by atoms with Gasteiger partial charge in [0, 0.05) is 14.7 Å². The number of rotatable bonds is 3. The van der Waals surface area contributed by atoms with Gasteiger partial charge in [0.2, 0.25) is 0 Å². The number of carbonyl (C=O) groups is 1. The molecule has 1 aromatic carbocycles. The number of carbonyl (C=O) groups excluding carboxylic acids is 1. The van der Waals surface area contributed by atoms with Crippen LogP contribution in [0.2, 0.25) is 0 Å². The number of nitrogens with zero attached hydrogens (tertiary/aromatic N) is 1. The number of aromatic nitrogens is 1. The van der Waals surface area contributed by atoms with Gasteiger partial charge >= 0.3 is 0 Å². The summed E-state index contributed by atoms with van der Waals surface area (Å²) in [6.07, 6.45) is 0. The Bertz CT molecular complexity index is 528. The molecule has 0 radical (unpaired) electrons. The van der Waals surface area contributed by atoms with Crippen molar-refractivity contribution in [1.29, 1.82) is 0 Å². The molecule has 0 atom stereocenters. The van der Waals surface area contributed by atoms with Gasteiger partial charge in [-0.25, -0.2) is 4.98 Å². The Hall–Kier alpha value is -0.850. The van der Waals surface area contributed by atoms with E-state index in [-0.39, 0.29) is 5.91 Å². The van der Waals surface area contributed by atoms with E-state index in [9.17, 15) is 4.79 Å². The van der Waals surface area contributed by atoms with E-state index in [4.69, 9.17) is 0 Å². The van der Waals surface area contributed by atoms with Crippen LogP contribution in [-0.4, -0.2) is 10.9 Å². The number of amides is 1. The molecule has 1 N–H and O–H groups in total. The summed E-state index contributed by atoms with van der Waals surface area (Å²) in [6.45, 7) is 0.436. The lowest BCUT2D eigenvalue weighted by Gasteiger charge is -2.06. The Morgan fingerprint density at radius 3 is 3.00 bits per heavy atom. The van der Waals surface area contributed by atoms with Crippen LogP contribution < -0.4 is 5.32 Å². The zero-order valence-electron chi connectivity index (χ0n) is 8.68. The lowest BCUT2D eigenvalue weighted by molar-refractivity contribution is 0.0947. The zero-order valence-corrected chi connectivity index (χ0v) is 12.0. The molecular weight excluding hydrogens is 320 g/mol. The van der Waals surface area contributed by atoms with Gasteiger partial charge in [0.05, 0.1) is 23.3 Å². The van der Waals surface area contributed by atoms with Crippen LogP contribution >= 0.6 is 39.9 Å². The van der Waals surface area contributed by atoms with Crippen molar-refractivity contribution in [3.63, 3.8) is 0 Å². The average molecular weight is 329 g/mol. The van der Waals surface area contributed by atoms with Gasteiger partial charge in [0.1, 0.15) is 0 Å². The number of benzene rings is 1. The molecule has 2 rings (SSSR count). The van der Waals surface area contributed by atoms with Gasteiger partial charge in [-0.1, -0.05) is 15.9 Å². The maximum absolute atomic E-state index is 11.9. The number of nitrogens with one attached hydrogen (secondary N) is 1. The second-order valence-electron chi connectivity index (χ2n) is 3.32. The van der Waals surface area contributed by atoms with Crippen molar-refractivity contribution in [2.45, 2.75) is 11.4 Å². The Morgan fingerprint density at radius 1 is 1.53 bits per heavy atom. The monoisotopic (exact) mass is 328 g/mol. The number of hydrogen-bond donors (Lipinski definition) is 2. The van der Waals surface area contributed by atoms with E-state index in [2.05, 4.69) is 38.9 Å². The van der Waals surface area contributed by atoms with Crippen LogP contribution in [0, 0.1) is 0 Å². The summed E-state index contributed by atoms with van der Waals surface area (Å²) in [5, 5.41) is 4.71. The fraction of sp³-hybridized carbons (Fsp3) is 0.0909. The molecule has 1 heterocycles. The van der Waals surface area contributed by atoms with Gasteiger partial charge < -0.3 is 5.32 Å². The molecule has 2 aromatic rings. The summed E-state index contributed by atoms with van der Waals surface area (Å²) in [4.78, 5) is 16.6. The molecule has 0 aliphatic rings. The smallest absolute Gasteiger partial charge is 0.252 e. The van der Waals surface area contributed by atoms with Gasteiger partial charge in [-0.15, -0.1) is 24.0 Å². The van der Waals surface area contributed by atoms with Gasteiger partial charge in [0.15, 0.2) is 0 Å². The molecule has 0 unspecified atom stereocenters. The summed E-state index contributed by atoms with van der Waals surface area (Å²) in [6, 6.07) is 5.35. The SMILES string of the molecule is O=C(NCc1cscn1)c1ccc(Br)cc1S. The third-order valence-electron chi connectivity index (χ3n) is 2.12. The molecule has 1 aromatic heterocycles. The van der Waals surface area contributed by atoms with Crippen molar-refractivity contribution in [3.05, 3.63) is 44.8 Å². The van der Waals surface area contributed by atoms with E-state index in [1.54, 1.807) is 17.6 Å². The molecule has 0 aliphatic carbocycles. The lowest BCUT2D eigenvalue weighted by atomic mass is 10.2. The number of halogens is 1. The van der Waals surface area contributed by atoms with Crippen molar-refractivity contribution in [2.24, 2.45) is 0 Å². The molecule has 0 fully saturated rings. The number of thiol groups is 1. The third kappa shape index (κ3) is 3.31. The largest absolute Gasteiger partial charge is 0.346 e. The molecular formula is C11H9BrN2OS2. The summed E-state index contributed by atoms with van der Waals surface area (Å²) in [5.74, 6) is -0.143. The molecule has 88 valence electrons. The minimum absolute atomic E-state index is 0.143. The summed E-state index contributed by atoms with van der Waals surface area (Å²) < 4.78 is 0.901. The molecule has 17 heavy (non-hydrogen) atoms. The summed E-state index contributed by atoms with van der Waals surface area (Å²) in [7, 11) is 0. The first-order valence-corrected chi connectivity index (χ1v) is 6.99. The van der Waals surface area contributed by atoms with E-state index in [0.29, 0.717) is 17.0 Å². The second kappa shape index (κ2) is 5.66. The minimum atomic E-state index is -0.143. The second-order valence-corrected chi connectivity index (χ2v) is 5.44. The molecule has 0 bridgehead atoms. The van der Waals surface area contributed by atoms with Crippen LogP contribution in [0.5, 0.6) is 0 Å². The van der Waals surface area contributed by atoms with Crippen molar-refractivity contribution in [1.82, 2.24) is 10.3 Å².